The summed E-state index contributed by atoms with van der Waals surface area (Å²) in [7, 11) is 0. The predicted octanol–water partition coefficient (Wildman–Crippen LogP) is 3.75. The maximum absolute atomic E-state index is 14.0. The van der Waals surface area contributed by atoms with Crippen LogP contribution in [0.3, 0.4) is 0 Å². The van der Waals surface area contributed by atoms with Gasteiger partial charge in [-0.15, -0.1) is 0 Å². The SMILES string of the molecule is CCCC1(C(=O)O)CCCN1C(C)c1cccc(F)c1F. The zero-order valence-electron chi connectivity index (χ0n) is 12.4. The number of nitrogens with zero attached hydrogens (tertiary/aromatic N) is 1. The first-order chi connectivity index (χ1) is 9.94. The lowest BCUT2D eigenvalue weighted by Gasteiger charge is -2.39. The summed E-state index contributed by atoms with van der Waals surface area (Å²) >= 11 is 0. The van der Waals surface area contributed by atoms with Gasteiger partial charge in [-0.3, -0.25) is 9.69 Å². The smallest absolute Gasteiger partial charge is 0.324 e. The van der Waals surface area contributed by atoms with E-state index < -0.39 is 29.2 Å². The summed E-state index contributed by atoms with van der Waals surface area (Å²) < 4.78 is 27.4. The molecule has 1 aromatic carbocycles. The maximum atomic E-state index is 14.0. The van der Waals surface area contributed by atoms with Gasteiger partial charge < -0.3 is 5.11 Å². The molecule has 1 aliphatic heterocycles. The molecule has 116 valence electrons. The van der Waals surface area contributed by atoms with Crippen LogP contribution in [0.5, 0.6) is 0 Å². The molecule has 1 aromatic rings. The van der Waals surface area contributed by atoms with Gasteiger partial charge >= 0.3 is 5.97 Å². The molecule has 1 heterocycles. The summed E-state index contributed by atoms with van der Waals surface area (Å²) in [4.78, 5) is 13.6. The lowest BCUT2D eigenvalue weighted by atomic mass is 9.89. The quantitative estimate of drug-likeness (QED) is 0.900. The zero-order chi connectivity index (χ0) is 15.6. The highest BCUT2D eigenvalue weighted by atomic mass is 19.2. The van der Waals surface area contributed by atoms with Crippen molar-refractivity contribution in [2.24, 2.45) is 0 Å². The van der Waals surface area contributed by atoms with Crippen molar-refractivity contribution in [3.63, 3.8) is 0 Å². The molecule has 0 spiro atoms. The van der Waals surface area contributed by atoms with Crippen molar-refractivity contribution in [1.82, 2.24) is 4.90 Å². The number of carboxylic acids is 1. The first kappa shape index (κ1) is 15.9. The number of rotatable bonds is 5. The Kier molecular flexibility index (Phi) is 4.61. The molecule has 5 heteroatoms. The average Bonchev–Trinajstić information content (AvgIpc) is 2.86. The molecule has 3 nitrogen and oxygen atoms in total. The molecular weight excluding hydrogens is 276 g/mol. The second-order valence-corrected chi connectivity index (χ2v) is 5.70. The Hall–Kier alpha value is -1.49. The van der Waals surface area contributed by atoms with Gasteiger partial charge in [0.05, 0.1) is 0 Å². The number of aliphatic carboxylic acids is 1. The van der Waals surface area contributed by atoms with Gasteiger partial charge in [0.25, 0.3) is 0 Å². The minimum atomic E-state index is -0.965. The van der Waals surface area contributed by atoms with Crippen LogP contribution in [0.4, 0.5) is 8.78 Å². The molecule has 21 heavy (non-hydrogen) atoms. The number of halogens is 2. The predicted molar refractivity (Wildman–Crippen MR) is 76.0 cm³/mol. The van der Waals surface area contributed by atoms with Crippen LogP contribution in [0.15, 0.2) is 18.2 Å². The van der Waals surface area contributed by atoms with Crippen LogP contribution in [0.1, 0.15) is 51.1 Å². The second-order valence-electron chi connectivity index (χ2n) is 5.70. The van der Waals surface area contributed by atoms with Crippen LogP contribution in [0.2, 0.25) is 0 Å². The Balaban J connectivity index is 2.39. The van der Waals surface area contributed by atoms with Crippen molar-refractivity contribution in [2.45, 2.75) is 51.1 Å². The van der Waals surface area contributed by atoms with E-state index in [2.05, 4.69) is 0 Å². The van der Waals surface area contributed by atoms with Crippen molar-refractivity contribution < 1.29 is 18.7 Å². The van der Waals surface area contributed by atoms with E-state index in [1.54, 1.807) is 6.92 Å². The van der Waals surface area contributed by atoms with E-state index >= 15 is 0 Å². The highest BCUT2D eigenvalue weighted by Gasteiger charge is 2.49. The molecule has 1 saturated heterocycles. The Morgan fingerprint density at radius 3 is 2.81 bits per heavy atom. The fraction of sp³-hybridized carbons (Fsp3) is 0.562. The highest BCUT2D eigenvalue weighted by molar-refractivity contribution is 5.79. The van der Waals surface area contributed by atoms with Gasteiger partial charge in [-0.05, 0) is 38.8 Å². The maximum Gasteiger partial charge on any atom is 0.324 e. The summed E-state index contributed by atoms with van der Waals surface area (Å²) in [6.45, 7) is 4.27. The Morgan fingerprint density at radius 1 is 1.48 bits per heavy atom. The van der Waals surface area contributed by atoms with Gasteiger partial charge in [0.2, 0.25) is 0 Å². The number of hydrogen-bond donors (Lipinski definition) is 1. The molecule has 1 fully saturated rings. The molecule has 2 atom stereocenters. The summed E-state index contributed by atoms with van der Waals surface area (Å²) in [6.07, 6.45) is 2.57. The number of hydrogen-bond acceptors (Lipinski definition) is 2. The topological polar surface area (TPSA) is 40.5 Å². The fourth-order valence-corrected chi connectivity index (χ4v) is 3.49. The third kappa shape index (κ3) is 2.67. The normalized spacial score (nSPS) is 24.2. The summed E-state index contributed by atoms with van der Waals surface area (Å²) in [5.41, 5.74) is -0.744. The van der Waals surface area contributed by atoms with Gasteiger partial charge in [0.1, 0.15) is 5.54 Å². The fourth-order valence-electron chi connectivity index (χ4n) is 3.49. The van der Waals surface area contributed by atoms with Crippen LogP contribution in [0, 0.1) is 11.6 Å². The number of carboxylic acid groups (broad SMARTS) is 1. The lowest BCUT2D eigenvalue weighted by Crippen LogP contribution is -2.51. The third-order valence-corrected chi connectivity index (χ3v) is 4.50. The van der Waals surface area contributed by atoms with E-state index in [1.807, 2.05) is 11.8 Å². The number of carbonyl (C=O) groups is 1. The van der Waals surface area contributed by atoms with Gasteiger partial charge in [0.15, 0.2) is 11.6 Å². The van der Waals surface area contributed by atoms with E-state index in [4.69, 9.17) is 0 Å². The summed E-state index contributed by atoms with van der Waals surface area (Å²) in [5, 5.41) is 9.68. The summed E-state index contributed by atoms with van der Waals surface area (Å²) in [6, 6.07) is 3.60. The van der Waals surface area contributed by atoms with E-state index in [1.165, 1.54) is 12.1 Å². The van der Waals surface area contributed by atoms with E-state index in [9.17, 15) is 18.7 Å². The van der Waals surface area contributed by atoms with Gasteiger partial charge in [-0.2, -0.15) is 0 Å². The van der Waals surface area contributed by atoms with Gasteiger partial charge in [0, 0.05) is 11.6 Å². The second kappa shape index (κ2) is 6.10. The van der Waals surface area contributed by atoms with E-state index in [-0.39, 0.29) is 5.56 Å². The molecule has 0 aromatic heterocycles. The zero-order valence-corrected chi connectivity index (χ0v) is 12.4. The Bertz CT molecular complexity index is 535. The first-order valence-corrected chi connectivity index (χ1v) is 7.38. The molecule has 2 unspecified atom stereocenters. The Labute approximate surface area is 123 Å². The molecule has 0 amide bonds. The van der Waals surface area contributed by atoms with Crippen molar-refractivity contribution in [3.05, 3.63) is 35.4 Å². The lowest BCUT2D eigenvalue weighted by molar-refractivity contribution is -0.151. The van der Waals surface area contributed by atoms with Gasteiger partial charge in [-0.25, -0.2) is 8.78 Å². The number of benzene rings is 1. The minimum absolute atomic E-state index is 0.221. The molecule has 0 saturated carbocycles. The Morgan fingerprint density at radius 2 is 2.19 bits per heavy atom. The standard InChI is InChI=1S/C16H21F2NO2/c1-3-8-16(15(20)21)9-5-10-19(16)11(2)12-6-4-7-13(17)14(12)18/h4,6-7,11H,3,5,8-10H2,1-2H3,(H,20,21). The van der Waals surface area contributed by atoms with Gasteiger partial charge in [-0.1, -0.05) is 25.5 Å². The van der Waals surface area contributed by atoms with Crippen molar-refractivity contribution >= 4 is 5.97 Å². The molecular formula is C16H21F2NO2. The van der Waals surface area contributed by atoms with Crippen LogP contribution >= 0.6 is 0 Å². The molecule has 2 rings (SSSR count). The van der Waals surface area contributed by atoms with Crippen LogP contribution in [-0.4, -0.2) is 28.1 Å². The molecule has 0 radical (unpaired) electrons. The third-order valence-electron chi connectivity index (χ3n) is 4.50. The van der Waals surface area contributed by atoms with Crippen LogP contribution < -0.4 is 0 Å². The summed E-state index contributed by atoms with van der Waals surface area (Å²) in [5.74, 6) is -2.65. The highest BCUT2D eigenvalue weighted by Crippen LogP contribution is 2.40. The first-order valence-electron chi connectivity index (χ1n) is 7.38. The largest absolute Gasteiger partial charge is 0.480 e. The average molecular weight is 297 g/mol. The van der Waals surface area contributed by atoms with Crippen molar-refractivity contribution in [2.75, 3.05) is 6.54 Å². The van der Waals surface area contributed by atoms with Crippen molar-refractivity contribution in [1.29, 1.82) is 0 Å². The van der Waals surface area contributed by atoms with E-state index in [0.717, 1.165) is 18.9 Å². The van der Waals surface area contributed by atoms with Crippen LogP contribution in [0.25, 0.3) is 0 Å². The molecule has 0 aliphatic carbocycles. The van der Waals surface area contributed by atoms with Crippen LogP contribution in [-0.2, 0) is 4.79 Å². The molecule has 1 aliphatic rings. The minimum Gasteiger partial charge on any atom is -0.480 e. The van der Waals surface area contributed by atoms with E-state index in [0.29, 0.717) is 19.4 Å². The number of likely N-dealkylation sites (tertiary alicyclic amines) is 1. The van der Waals surface area contributed by atoms with Crippen molar-refractivity contribution in [3.8, 4) is 0 Å². The molecule has 0 bridgehead atoms. The monoisotopic (exact) mass is 297 g/mol. The molecule has 1 N–H and O–H groups in total.